The van der Waals surface area contributed by atoms with Crippen LogP contribution in [0.4, 0.5) is 0 Å². The van der Waals surface area contributed by atoms with E-state index in [1.807, 2.05) is 0 Å². The first-order valence-corrected chi connectivity index (χ1v) is 3.88. The molecule has 0 heterocycles. The summed E-state index contributed by atoms with van der Waals surface area (Å²) in [7, 11) is 2.83. The molecule has 0 saturated carbocycles. The average Bonchev–Trinajstić information content (AvgIpc) is 1.65. The summed E-state index contributed by atoms with van der Waals surface area (Å²) in [5, 5.41) is 0. The van der Waals surface area contributed by atoms with Crippen LogP contribution in [0.5, 0.6) is 0 Å². The summed E-state index contributed by atoms with van der Waals surface area (Å²) in [6, 6.07) is 0. The lowest BCUT2D eigenvalue weighted by atomic mass is 11.3. The van der Waals surface area contributed by atoms with Crippen LogP contribution in [0.3, 0.4) is 0 Å². The van der Waals surface area contributed by atoms with E-state index in [1.165, 1.54) is 28.2 Å². The molecule has 0 aromatic rings. The highest BCUT2D eigenvalue weighted by molar-refractivity contribution is 7.86. The number of hydrogen-bond donors (Lipinski definition) is 0. The molecule has 0 spiro atoms. The second kappa shape index (κ2) is 2.64. The summed E-state index contributed by atoms with van der Waals surface area (Å²) in [5.74, 6) is 0. The minimum atomic E-state index is -3.15. The van der Waals surface area contributed by atoms with Gasteiger partial charge in [-0.05, 0) is 0 Å². The zero-order chi connectivity index (χ0) is 7.65. The molecule has 0 saturated heterocycles. The smallest absolute Gasteiger partial charge is 0.195 e. The molecule has 0 N–H and O–H groups in total. The molecule has 0 atom stereocenters. The third-order valence-corrected chi connectivity index (χ3v) is 2.77. The molecule has 0 bridgehead atoms. The quantitative estimate of drug-likeness (QED) is 0.528. The van der Waals surface area contributed by atoms with Gasteiger partial charge in [0.15, 0.2) is 0 Å². The molecule has 0 rings (SSSR count). The highest BCUT2D eigenvalue weighted by atomic mass is 32.2. The second-order valence-corrected chi connectivity index (χ2v) is 4.43. The van der Waals surface area contributed by atoms with Crippen LogP contribution >= 0.6 is 0 Å². The monoisotopic (exact) mass is 152 g/mol. The van der Waals surface area contributed by atoms with Crippen molar-refractivity contribution in [3.8, 4) is 0 Å². The van der Waals surface area contributed by atoms with Gasteiger partial charge < -0.3 is 0 Å². The van der Waals surface area contributed by atoms with E-state index in [9.17, 15) is 8.42 Å². The fraction of sp³-hybridized carbons (Fsp3) is 1.00. The van der Waals surface area contributed by atoms with Crippen LogP contribution in [-0.2, 0) is 10.2 Å². The highest BCUT2D eigenvalue weighted by Gasteiger charge is 2.14. The fourth-order valence-corrected chi connectivity index (χ4v) is 0.980. The normalized spacial score (nSPS) is 13.1. The lowest BCUT2D eigenvalue weighted by Crippen LogP contribution is -2.34. The molecule has 4 nitrogen and oxygen atoms in total. The van der Waals surface area contributed by atoms with E-state index < -0.39 is 10.2 Å². The van der Waals surface area contributed by atoms with E-state index in [4.69, 9.17) is 0 Å². The summed E-state index contributed by atoms with van der Waals surface area (Å²) in [5.41, 5.74) is 0. The van der Waals surface area contributed by atoms with Crippen LogP contribution in [0, 0.1) is 0 Å². The molecular weight excluding hydrogens is 140 g/mol. The van der Waals surface area contributed by atoms with Gasteiger partial charge in [-0.3, -0.25) is 0 Å². The van der Waals surface area contributed by atoms with Crippen molar-refractivity contribution >= 4 is 10.2 Å². The molecule has 0 aliphatic carbocycles. The Kier molecular flexibility index (Phi) is 2.60. The predicted octanol–water partition coefficient (Wildman–Crippen LogP) is -0.646. The Balaban J connectivity index is 4.42. The van der Waals surface area contributed by atoms with Gasteiger partial charge in [0.05, 0.1) is 0 Å². The molecule has 0 fully saturated rings. The number of hydrogen-bond acceptors (Lipinski definition) is 2. The highest BCUT2D eigenvalue weighted by Crippen LogP contribution is 1.95. The molecule has 0 radical (unpaired) electrons. The van der Waals surface area contributed by atoms with Gasteiger partial charge in [0.1, 0.15) is 0 Å². The van der Waals surface area contributed by atoms with Crippen molar-refractivity contribution in [3.05, 3.63) is 0 Å². The second-order valence-electron chi connectivity index (χ2n) is 2.07. The molecule has 0 aromatic carbocycles. The molecule has 0 aliphatic heterocycles. The lowest BCUT2D eigenvalue weighted by molar-refractivity contribution is 0.452. The Bertz CT molecular complexity index is 157. The summed E-state index contributed by atoms with van der Waals surface area (Å²) in [4.78, 5) is 0. The zero-order valence-corrected chi connectivity index (χ0v) is 6.94. The van der Waals surface area contributed by atoms with E-state index in [2.05, 4.69) is 0 Å². The Morgan fingerprint density at radius 1 is 0.889 bits per heavy atom. The van der Waals surface area contributed by atoms with Crippen molar-refractivity contribution in [1.29, 1.82) is 0 Å². The van der Waals surface area contributed by atoms with Crippen molar-refractivity contribution in [2.24, 2.45) is 0 Å². The maximum Gasteiger partial charge on any atom is 0.280 e. The van der Waals surface area contributed by atoms with Crippen LogP contribution in [0.1, 0.15) is 0 Å². The van der Waals surface area contributed by atoms with Gasteiger partial charge >= 0.3 is 0 Å². The van der Waals surface area contributed by atoms with E-state index in [0.29, 0.717) is 0 Å². The molecule has 0 aliphatic rings. The Hall–Kier alpha value is -0.130. The molecule has 5 heteroatoms. The van der Waals surface area contributed by atoms with Gasteiger partial charge in [-0.25, -0.2) is 0 Å². The third-order valence-electron chi connectivity index (χ3n) is 0.923. The molecule has 0 aromatic heterocycles. The Labute approximate surface area is 56.2 Å². The zero-order valence-electron chi connectivity index (χ0n) is 6.12. The topological polar surface area (TPSA) is 40.6 Å². The van der Waals surface area contributed by atoms with Crippen molar-refractivity contribution in [2.75, 3.05) is 28.2 Å². The lowest BCUT2D eigenvalue weighted by Gasteiger charge is -2.16. The predicted molar refractivity (Wildman–Crippen MR) is 36.3 cm³/mol. The van der Waals surface area contributed by atoms with Crippen molar-refractivity contribution in [3.63, 3.8) is 0 Å². The molecule has 0 amide bonds. The van der Waals surface area contributed by atoms with E-state index in [1.54, 1.807) is 0 Å². The van der Waals surface area contributed by atoms with Gasteiger partial charge in [-0.2, -0.15) is 17.0 Å². The van der Waals surface area contributed by atoms with Crippen LogP contribution in [0.2, 0.25) is 0 Å². The van der Waals surface area contributed by atoms with Crippen LogP contribution < -0.4 is 0 Å². The van der Waals surface area contributed by atoms with Gasteiger partial charge in [-0.15, -0.1) is 0 Å². The van der Waals surface area contributed by atoms with Crippen LogP contribution in [0.15, 0.2) is 0 Å². The van der Waals surface area contributed by atoms with Crippen molar-refractivity contribution in [1.82, 2.24) is 8.61 Å². The number of rotatable bonds is 2. The maximum atomic E-state index is 10.9. The summed E-state index contributed by atoms with van der Waals surface area (Å²) in [6.45, 7) is 0. The fourth-order valence-electron chi connectivity index (χ4n) is 0.327. The molecular formula is C4H12N2O2S. The molecule has 56 valence electrons. The third kappa shape index (κ3) is 1.92. The first kappa shape index (κ1) is 8.87. The van der Waals surface area contributed by atoms with Crippen molar-refractivity contribution < 1.29 is 8.42 Å². The summed E-state index contributed by atoms with van der Waals surface area (Å²) >= 11 is 0. The van der Waals surface area contributed by atoms with Gasteiger partial charge in [-0.1, -0.05) is 0 Å². The van der Waals surface area contributed by atoms with E-state index in [-0.39, 0.29) is 0 Å². The first-order chi connectivity index (χ1) is 3.89. The van der Waals surface area contributed by atoms with Gasteiger partial charge in [0.25, 0.3) is 10.2 Å². The SMILES string of the molecule is CN(C)S(=O)(=O)N(C)C. The molecule has 0 unspecified atom stereocenters. The molecule has 9 heavy (non-hydrogen) atoms. The van der Waals surface area contributed by atoms with Gasteiger partial charge in [0, 0.05) is 28.2 Å². The summed E-state index contributed by atoms with van der Waals surface area (Å²) in [6.07, 6.45) is 0. The summed E-state index contributed by atoms with van der Waals surface area (Å²) < 4.78 is 24.1. The first-order valence-electron chi connectivity index (χ1n) is 2.49. The Morgan fingerprint density at radius 2 is 1.11 bits per heavy atom. The van der Waals surface area contributed by atoms with Crippen LogP contribution in [-0.4, -0.2) is 45.2 Å². The standard InChI is InChI=1S/C4H12N2O2S/c1-5(2)9(7,8)6(3)4/h1-4H3. The average molecular weight is 152 g/mol. The maximum absolute atomic E-state index is 10.9. The minimum Gasteiger partial charge on any atom is -0.195 e. The van der Waals surface area contributed by atoms with Crippen LogP contribution in [0.25, 0.3) is 0 Å². The Morgan fingerprint density at radius 3 is 1.11 bits per heavy atom. The van der Waals surface area contributed by atoms with Crippen molar-refractivity contribution in [2.45, 2.75) is 0 Å². The largest absolute Gasteiger partial charge is 0.280 e. The minimum absolute atomic E-state index is 1.16. The number of nitrogens with zero attached hydrogens (tertiary/aromatic N) is 2. The van der Waals surface area contributed by atoms with E-state index >= 15 is 0 Å². The van der Waals surface area contributed by atoms with Gasteiger partial charge in [0.2, 0.25) is 0 Å². The van der Waals surface area contributed by atoms with E-state index in [0.717, 1.165) is 8.61 Å².